The predicted octanol–water partition coefficient (Wildman–Crippen LogP) is 3.46. The SMILES string of the molecule is CCC(=O)[C@H](CCC(=O)N1CCC2(CC2)[C@H](O)C1)N1CCN(C(=O)Cc2ccc(C(F)(F)F)c(Cl)c2)[C@@H](C)C1=O. The molecule has 2 saturated heterocycles. The van der Waals surface area contributed by atoms with Gasteiger partial charge in [0, 0.05) is 39.0 Å². The minimum atomic E-state index is -4.61. The van der Waals surface area contributed by atoms with Gasteiger partial charge in [0.1, 0.15) is 6.04 Å². The first-order valence-corrected chi connectivity index (χ1v) is 14.1. The quantitative estimate of drug-likeness (QED) is 0.504. The van der Waals surface area contributed by atoms with Crippen LogP contribution in [0.25, 0.3) is 0 Å². The molecule has 0 aromatic heterocycles. The topological polar surface area (TPSA) is 98.2 Å². The Kier molecular flexibility index (Phi) is 8.85. The Bertz CT molecular complexity index is 1170. The molecule has 0 unspecified atom stereocenters. The van der Waals surface area contributed by atoms with Crippen LogP contribution in [0.1, 0.15) is 63.5 Å². The molecule has 3 atom stereocenters. The zero-order chi connectivity index (χ0) is 29.4. The first kappa shape index (κ1) is 30.3. The summed E-state index contributed by atoms with van der Waals surface area (Å²) < 4.78 is 39.0. The standard InChI is InChI=1S/C28H35ClF3N3O5/c1-3-22(36)21(6-7-24(38)33-11-10-27(8-9-27)23(37)16-33)35-13-12-34(17(2)26(35)40)25(39)15-18-4-5-19(20(29)14-18)28(30,31)32/h4-5,14,17,21,23,37H,3,6-13,15-16H2,1-2H3/t17-,21-,23+/m0/s1. The molecule has 4 rings (SSSR count). The van der Waals surface area contributed by atoms with Crippen molar-refractivity contribution in [3.8, 4) is 0 Å². The Hall–Kier alpha value is -2.66. The number of halogens is 4. The van der Waals surface area contributed by atoms with E-state index in [1.807, 2.05) is 0 Å². The number of benzene rings is 1. The van der Waals surface area contributed by atoms with Crippen LogP contribution in [0, 0.1) is 5.41 Å². The molecule has 3 aliphatic rings. The molecule has 1 N–H and O–H groups in total. The number of hydrogen-bond acceptors (Lipinski definition) is 5. The molecule has 0 radical (unpaired) electrons. The van der Waals surface area contributed by atoms with Crippen LogP contribution in [-0.2, 0) is 31.8 Å². The van der Waals surface area contributed by atoms with Gasteiger partial charge < -0.3 is 19.8 Å². The predicted molar refractivity (Wildman–Crippen MR) is 140 cm³/mol. The van der Waals surface area contributed by atoms with Crippen LogP contribution < -0.4 is 0 Å². The summed E-state index contributed by atoms with van der Waals surface area (Å²) in [5.74, 6) is -1.20. The fraction of sp³-hybridized carbons (Fsp3) is 0.643. The number of aliphatic hydroxyl groups excluding tert-OH is 1. The summed E-state index contributed by atoms with van der Waals surface area (Å²) in [6.45, 7) is 4.33. The average molecular weight is 586 g/mol. The summed E-state index contributed by atoms with van der Waals surface area (Å²) in [6, 6.07) is 1.42. The van der Waals surface area contributed by atoms with Gasteiger partial charge in [0.2, 0.25) is 17.7 Å². The molecule has 0 bridgehead atoms. The third kappa shape index (κ3) is 6.30. The van der Waals surface area contributed by atoms with E-state index in [1.165, 1.54) is 15.9 Å². The Morgan fingerprint density at radius 1 is 1.12 bits per heavy atom. The summed E-state index contributed by atoms with van der Waals surface area (Å²) in [6.07, 6.45) is -2.25. The molecule has 1 spiro atoms. The molecule has 2 heterocycles. The lowest BCUT2D eigenvalue weighted by molar-refractivity contribution is -0.155. The largest absolute Gasteiger partial charge is 0.417 e. The molecule has 2 aliphatic heterocycles. The van der Waals surface area contributed by atoms with Crippen molar-refractivity contribution in [2.75, 3.05) is 26.2 Å². The number of carbonyl (C=O) groups excluding carboxylic acids is 4. The molecule has 1 saturated carbocycles. The minimum absolute atomic E-state index is 0.0318. The molecule has 3 amide bonds. The highest BCUT2D eigenvalue weighted by Crippen LogP contribution is 2.53. The first-order chi connectivity index (χ1) is 18.8. The second kappa shape index (κ2) is 11.7. The average Bonchev–Trinajstić information content (AvgIpc) is 3.67. The van der Waals surface area contributed by atoms with E-state index >= 15 is 0 Å². The van der Waals surface area contributed by atoms with Crippen molar-refractivity contribution in [3.05, 3.63) is 34.3 Å². The lowest BCUT2D eigenvalue weighted by Crippen LogP contribution is -2.61. The van der Waals surface area contributed by atoms with E-state index in [0.717, 1.165) is 31.4 Å². The Balaban J connectivity index is 1.36. The van der Waals surface area contributed by atoms with Crippen molar-refractivity contribution in [1.82, 2.24) is 14.7 Å². The van der Waals surface area contributed by atoms with E-state index in [1.54, 1.807) is 18.7 Å². The van der Waals surface area contributed by atoms with Gasteiger partial charge in [0.25, 0.3) is 0 Å². The second-order valence-electron chi connectivity index (χ2n) is 11.1. The highest BCUT2D eigenvalue weighted by Gasteiger charge is 2.51. The van der Waals surface area contributed by atoms with Crippen molar-refractivity contribution in [2.24, 2.45) is 5.41 Å². The summed E-state index contributed by atoms with van der Waals surface area (Å²) in [7, 11) is 0. The van der Waals surface area contributed by atoms with Gasteiger partial charge in [-0.25, -0.2) is 0 Å². The lowest BCUT2D eigenvalue weighted by Gasteiger charge is -2.42. The lowest BCUT2D eigenvalue weighted by atomic mass is 9.90. The van der Waals surface area contributed by atoms with Crippen LogP contribution in [0.3, 0.4) is 0 Å². The van der Waals surface area contributed by atoms with Crippen LogP contribution >= 0.6 is 11.6 Å². The zero-order valence-electron chi connectivity index (χ0n) is 22.7. The molecule has 1 aromatic rings. The maximum absolute atomic E-state index is 13.3. The molecule has 40 heavy (non-hydrogen) atoms. The number of carbonyl (C=O) groups is 4. The number of rotatable bonds is 8. The third-order valence-electron chi connectivity index (χ3n) is 8.66. The molecule has 3 fully saturated rings. The van der Waals surface area contributed by atoms with Crippen molar-refractivity contribution in [1.29, 1.82) is 0 Å². The van der Waals surface area contributed by atoms with Gasteiger partial charge in [-0.1, -0.05) is 24.6 Å². The number of piperazine rings is 1. The number of aliphatic hydroxyl groups is 1. The normalized spacial score (nSPS) is 23.4. The van der Waals surface area contributed by atoms with Crippen molar-refractivity contribution in [2.45, 2.75) is 83.2 Å². The monoisotopic (exact) mass is 585 g/mol. The van der Waals surface area contributed by atoms with E-state index in [0.29, 0.717) is 6.54 Å². The number of likely N-dealkylation sites (tertiary alicyclic amines) is 1. The number of nitrogens with zero attached hydrogens (tertiary/aromatic N) is 3. The number of alkyl halides is 3. The van der Waals surface area contributed by atoms with E-state index in [9.17, 15) is 37.5 Å². The number of ketones is 1. The molecule has 1 aliphatic carbocycles. The number of piperidine rings is 1. The summed E-state index contributed by atoms with van der Waals surface area (Å²) >= 11 is 5.78. The highest BCUT2D eigenvalue weighted by molar-refractivity contribution is 6.31. The van der Waals surface area contributed by atoms with Crippen molar-refractivity contribution >= 4 is 35.1 Å². The van der Waals surface area contributed by atoms with Crippen LogP contribution in [-0.4, -0.2) is 87.7 Å². The zero-order valence-corrected chi connectivity index (χ0v) is 23.4. The number of Topliss-reactive ketones (excluding diaryl/α,β-unsaturated/α-hetero) is 1. The van der Waals surface area contributed by atoms with Gasteiger partial charge in [-0.05, 0) is 55.7 Å². The maximum atomic E-state index is 13.3. The molecule has 220 valence electrons. The summed E-state index contributed by atoms with van der Waals surface area (Å²) in [4.78, 5) is 56.5. The van der Waals surface area contributed by atoms with Crippen LogP contribution in [0.5, 0.6) is 0 Å². The van der Waals surface area contributed by atoms with Gasteiger partial charge in [-0.2, -0.15) is 13.2 Å². The van der Waals surface area contributed by atoms with Gasteiger partial charge in [0.05, 0.1) is 29.2 Å². The molecule has 12 heteroatoms. The fourth-order valence-electron chi connectivity index (χ4n) is 5.85. The highest BCUT2D eigenvalue weighted by atomic mass is 35.5. The minimum Gasteiger partial charge on any atom is -0.391 e. The van der Waals surface area contributed by atoms with E-state index in [-0.39, 0.29) is 68.0 Å². The molecular weight excluding hydrogens is 551 g/mol. The molecule has 8 nitrogen and oxygen atoms in total. The van der Waals surface area contributed by atoms with E-state index in [2.05, 4.69) is 0 Å². The van der Waals surface area contributed by atoms with E-state index in [4.69, 9.17) is 11.6 Å². The number of β-amino-alcohol motifs (C(OH)–C–C–N with tert-alkyl or cyclic N) is 1. The Morgan fingerprint density at radius 3 is 2.40 bits per heavy atom. The Labute approximate surface area is 236 Å². The number of hydrogen-bond donors (Lipinski definition) is 1. The van der Waals surface area contributed by atoms with Crippen LogP contribution in [0.2, 0.25) is 5.02 Å². The van der Waals surface area contributed by atoms with Gasteiger partial charge >= 0.3 is 6.18 Å². The third-order valence-corrected chi connectivity index (χ3v) is 8.97. The maximum Gasteiger partial charge on any atom is 0.417 e. The summed E-state index contributed by atoms with van der Waals surface area (Å²) in [5, 5.41) is 9.92. The van der Waals surface area contributed by atoms with Gasteiger partial charge in [-0.3, -0.25) is 19.2 Å². The number of amides is 3. The Morgan fingerprint density at radius 2 is 1.82 bits per heavy atom. The smallest absolute Gasteiger partial charge is 0.391 e. The van der Waals surface area contributed by atoms with Crippen molar-refractivity contribution < 1.29 is 37.5 Å². The first-order valence-electron chi connectivity index (χ1n) is 13.7. The van der Waals surface area contributed by atoms with Crippen LogP contribution in [0.15, 0.2) is 18.2 Å². The second-order valence-corrected chi connectivity index (χ2v) is 11.5. The van der Waals surface area contributed by atoms with Crippen LogP contribution in [0.4, 0.5) is 13.2 Å². The van der Waals surface area contributed by atoms with Gasteiger partial charge in [0.15, 0.2) is 5.78 Å². The molecular formula is C28H35ClF3N3O5. The fourth-order valence-corrected chi connectivity index (χ4v) is 6.16. The summed E-state index contributed by atoms with van der Waals surface area (Å²) in [5.41, 5.74) is -0.732. The van der Waals surface area contributed by atoms with Crippen molar-refractivity contribution in [3.63, 3.8) is 0 Å². The van der Waals surface area contributed by atoms with Gasteiger partial charge in [-0.15, -0.1) is 0 Å². The molecule has 1 aromatic carbocycles. The van der Waals surface area contributed by atoms with E-state index < -0.39 is 46.8 Å².